The molecule has 0 spiro atoms. The molecule has 0 radical (unpaired) electrons. The van der Waals surface area contributed by atoms with Crippen LogP contribution in [0.5, 0.6) is 17.2 Å². The number of rotatable bonds is 7. The Morgan fingerprint density at radius 3 is 2.28 bits per heavy atom. The molecule has 1 fully saturated rings. The smallest absolute Gasteiger partial charge is 0.257 e. The van der Waals surface area contributed by atoms with Crippen LogP contribution in [0.15, 0.2) is 47.8 Å². The zero-order chi connectivity index (χ0) is 22.5. The van der Waals surface area contributed by atoms with Gasteiger partial charge in [0.15, 0.2) is 0 Å². The first-order chi connectivity index (χ1) is 15.6. The van der Waals surface area contributed by atoms with Gasteiger partial charge in [-0.05, 0) is 36.4 Å². The normalized spacial score (nSPS) is 14.3. The van der Waals surface area contributed by atoms with Crippen LogP contribution in [0.2, 0.25) is 0 Å². The van der Waals surface area contributed by atoms with Crippen LogP contribution in [0, 0.1) is 0 Å². The molecule has 0 atom stereocenters. The van der Waals surface area contributed by atoms with E-state index in [0.717, 1.165) is 41.6 Å². The van der Waals surface area contributed by atoms with Gasteiger partial charge in [-0.15, -0.1) is 11.3 Å². The highest BCUT2D eigenvalue weighted by Gasteiger charge is 2.25. The highest BCUT2D eigenvalue weighted by molar-refractivity contribution is 7.13. The Balaban J connectivity index is 1.34. The van der Waals surface area contributed by atoms with Crippen LogP contribution >= 0.6 is 11.3 Å². The quantitative estimate of drug-likeness (QED) is 0.542. The summed E-state index contributed by atoms with van der Waals surface area (Å²) in [5, 5.41) is 3.11. The number of hydrogen-bond acceptors (Lipinski definition) is 7. The van der Waals surface area contributed by atoms with E-state index >= 15 is 0 Å². The third-order valence-electron chi connectivity index (χ3n) is 5.57. The lowest BCUT2D eigenvalue weighted by atomic mass is 10.1. The highest BCUT2D eigenvalue weighted by atomic mass is 32.1. The fraction of sp³-hybridized carbons (Fsp3) is 0.333. The second-order valence-electron chi connectivity index (χ2n) is 7.51. The molecule has 0 bridgehead atoms. The molecule has 32 heavy (non-hydrogen) atoms. The molecule has 7 nitrogen and oxygen atoms in total. The first kappa shape index (κ1) is 22.1. The van der Waals surface area contributed by atoms with Gasteiger partial charge in [0, 0.05) is 49.7 Å². The number of benzene rings is 2. The van der Waals surface area contributed by atoms with E-state index in [9.17, 15) is 4.79 Å². The van der Waals surface area contributed by atoms with E-state index in [2.05, 4.69) is 10.3 Å². The summed E-state index contributed by atoms with van der Waals surface area (Å²) in [4.78, 5) is 22.0. The Labute approximate surface area is 192 Å². The van der Waals surface area contributed by atoms with Crippen molar-refractivity contribution in [1.82, 2.24) is 14.8 Å². The van der Waals surface area contributed by atoms with E-state index in [1.165, 1.54) is 0 Å². The molecule has 0 aliphatic carbocycles. The van der Waals surface area contributed by atoms with E-state index < -0.39 is 0 Å². The van der Waals surface area contributed by atoms with Crippen molar-refractivity contribution < 1.29 is 19.0 Å². The number of nitrogens with zero attached hydrogens (tertiary/aromatic N) is 3. The molecule has 1 aliphatic heterocycles. The van der Waals surface area contributed by atoms with Gasteiger partial charge in [0.05, 0.1) is 32.6 Å². The van der Waals surface area contributed by atoms with Crippen LogP contribution in [0.25, 0.3) is 10.6 Å². The Morgan fingerprint density at radius 1 is 0.938 bits per heavy atom. The van der Waals surface area contributed by atoms with Crippen molar-refractivity contribution in [2.24, 2.45) is 0 Å². The number of carbonyl (C=O) groups is 1. The second kappa shape index (κ2) is 10.0. The van der Waals surface area contributed by atoms with Crippen molar-refractivity contribution in [3.63, 3.8) is 0 Å². The third kappa shape index (κ3) is 4.87. The van der Waals surface area contributed by atoms with Crippen molar-refractivity contribution in [1.29, 1.82) is 0 Å². The molecule has 4 rings (SSSR count). The van der Waals surface area contributed by atoms with E-state index in [1.807, 2.05) is 29.2 Å². The largest absolute Gasteiger partial charge is 0.497 e. The minimum Gasteiger partial charge on any atom is -0.497 e. The van der Waals surface area contributed by atoms with E-state index in [0.29, 0.717) is 30.2 Å². The molecule has 0 unspecified atom stereocenters. The minimum atomic E-state index is -0.0143. The van der Waals surface area contributed by atoms with Gasteiger partial charge in [0.25, 0.3) is 5.91 Å². The monoisotopic (exact) mass is 453 g/mol. The van der Waals surface area contributed by atoms with Crippen molar-refractivity contribution in [3.8, 4) is 27.8 Å². The van der Waals surface area contributed by atoms with Gasteiger partial charge < -0.3 is 19.1 Å². The van der Waals surface area contributed by atoms with Crippen molar-refractivity contribution in [2.45, 2.75) is 6.54 Å². The fourth-order valence-electron chi connectivity index (χ4n) is 3.73. The third-order valence-corrected chi connectivity index (χ3v) is 6.51. The summed E-state index contributed by atoms with van der Waals surface area (Å²) in [6, 6.07) is 13.2. The lowest BCUT2D eigenvalue weighted by molar-refractivity contribution is 0.0624. The van der Waals surface area contributed by atoms with Gasteiger partial charge in [-0.1, -0.05) is 0 Å². The molecular weight excluding hydrogens is 426 g/mol. The molecule has 0 N–H and O–H groups in total. The maximum Gasteiger partial charge on any atom is 0.257 e. The number of methoxy groups -OCH3 is 3. The van der Waals surface area contributed by atoms with E-state index in [1.54, 1.807) is 50.9 Å². The summed E-state index contributed by atoms with van der Waals surface area (Å²) in [6.07, 6.45) is 0. The van der Waals surface area contributed by atoms with E-state index in [-0.39, 0.29) is 5.91 Å². The minimum absolute atomic E-state index is 0.0143. The van der Waals surface area contributed by atoms with Crippen molar-refractivity contribution >= 4 is 17.2 Å². The summed E-state index contributed by atoms with van der Waals surface area (Å²) < 4.78 is 15.8. The summed E-state index contributed by atoms with van der Waals surface area (Å²) >= 11 is 1.65. The predicted molar refractivity (Wildman–Crippen MR) is 125 cm³/mol. The zero-order valence-electron chi connectivity index (χ0n) is 18.5. The number of amides is 1. The molecule has 1 saturated heterocycles. The van der Waals surface area contributed by atoms with Gasteiger partial charge in [0.2, 0.25) is 0 Å². The van der Waals surface area contributed by atoms with Gasteiger partial charge in [0.1, 0.15) is 22.3 Å². The van der Waals surface area contributed by atoms with Crippen LogP contribution in [0.3, 0.4) is 0 Å². The second-order valence-corrected chi connectivity index (χ2v) is 8.37. The van der Waals surface area contributed by atoms with Gasteiger partial charge in [-0.25, -0.2) is 4.98 Å². The zero-order valence-corrected chi connectivity index (χ0v) is 19.4. The fourth-order valence-corrected chi connectivity index (χ4v) is 4.55. The van der Waals surface area contributed by atoms with Gasteiger partial charge in [-0.3, -0.25) is 9.69 Å². The number of carbonyl (C=O) groups excluding carboxylic acids is 1. The lowest BCUT2D eigenvalue weighted by Gasteiger charge is -2.34. The Morgan fingerprint density at radius 2 is 1.62 bits per heavy atom. The number of thiazole rings is 1. The number of piperazine rings is 1. The van der Waals surface area contributed by atoms with Crippen LogP contribution in [-0.2, 0) is 6.54 Å². The van der Waals surface area contributed by atoms with Gasteiger partial charge >= 0.3 is 0 Å². The maximum absolute atomic E-state index is 13.0. The standard InChI is InChI=1S/C24H27N3O4S/c1-29-19-6-4-17(5-7-19)23-25-18(16-32-23)15-26-10-12-27(13-11-26)24(28)21-9-8-20(30-2)14-22(21)31-3/h4-9,14,16H,10-13,15H2,1-3H3. The molecular formula is C24H27N3O4S. The molecule has 1 aromatic heterocycles. The van der Waals surface area contributed by atoms with Crippen LogP contribution < -0.4 is 14.2 Å². The Bertz CT molecular complexity index is 1060. The predicted octanol–water partition coefficient (Wildman–Crippen LogP) is 3.79. The molecule has 168 valence electrons. The highest BCUT2D eigenvalue weighted by Crippen LogP contribution is 2.28. The Kier molecular flexibility index (Phi) is 6.92. The van der Waals surface area contributed by atoms with Crippen LogP contribution in [-0.4, -0.2) is 68.2 Å². The van der Waals surface area contributed by atoms with Crippen LogP contribution in [0.4, 0.5) is 0 Å². The molecule has 2 aromatic carbocycles. The first-order valence-corrected chi connectivity index (χ1v) is 11.3. The summed E-state index contributed by atoms with van der Waals surface area (Å²) in [5.41, 5.74) is 2.70. The molecule has 1 aliphatic rings. The number of hydrogen-bond donors (Lipinski definition) is 0. The maximum atomic E-state index is 13.0. The SMILES string of the molecule is COc1ccc(-c2nc(CN3CCN(C(=O)c4ccc(OC)cc4OC)CC3)cs2)cc1. The van der Waals surface area contributed by atoms with E-state index in [4.69, 9.17) is 19.2 Å². The van der Waals surface area contributed by atoms with Crippen molar-refractivity contribution in [3.05, 3.63) is 59.1 Å². The summed E-state index contributed by atoms with van der Waals surface area (Å²) in [5.74, 6) is 2.02. The average Bonchev–Trinajstić information content (AvgIpc) is 3.32. The summed E-state index contributed by atoms with van der Waals surface area (Å²) in [7, 11) is 4.83. The lowest BCUT2D eigenvalue weighted by Crippen LogP contribution is -2.48. The molecule has 8 heteroatoms. The topological polar surface area (TPSA) is 64.1 Å². The molecule has 1 amide bonds. The number of ether oxygens (including phenoxy) is 3. The Hall–Kier alpha value is -3.10. The molecule has 0 saturated carbocycles. The average molecular weight is 454 g/mol. The summed E-state index contributed by atoms with van der Waals surface area (Å²) in [6.45, 7) is 3.73. The number of aromatic nitrogens is 1. The van der Waals surface area contributed by atoms with Gasteiger partial charge in [-0.2, -0.15) is 0 Å². The van der Waals surface area contributed by atoms with Crippen LogP contribution in [0.1, 0.15) is 16.1 Å². The molecule has 2 heterocycles. The van der Waals surface area contributed by atoms with Crippen molar-refractivity contribution in [2.75, 3.05) is 47.5 Å². The molecule has 3 aromatic rings. The first-order valence-electron chi connectivity index (χ1n) is 10.4.